The predicted molar refractivity (Wildman–Crippen MR) is 154 cm³/mol. The molecule has 3 N–H and O–H groups in total. The normalized spacial score (nSPS) is 11.7. The van der Waals surface area contributed by atoms with Gasteiger partial charge in [0.15, 0.2) is 0 Å². The largest absolute Gasteiger partial charge is 0.497 e. The third-order valence-electron chi connectivity index (χ3n) is 6.71. The molecule has 4 aromatic heterocycles. The fraction of sp³-hybridized carbons (Fsp3) is 0.161. The first kappa shape index (κ1) is 25.2. The van der Waals surface area contributed by atoms with Crippen molar-refractivity contribution in [3.8, 4) is 39.5 Å². The minimum Gasteiger partial charge on any atom is -0.497 e. The highest BCUT2D eigenvalue weighted by molar-refractivity contribution is 5.99. The Hall–Kier alpha value is -5.05. The summed E-state index contributed by atoms with van der Waals surface area (Å²) in [5.41, 5.74) is 6.75. The molecule has 200 valence electrons. The molecule has 0 unspecified atom stereocenters. The molecule has 2 aromatic carbocycles. The number of carbonyl (C=O) groups is 1. The Morgan fingerprint density at radius 3 is 2.65 bits per heavy atom. The number of aromatic nitrogens is 5. The molecule has 0 aliphatic rings. The van der Waals surface area contributed by atoms with E-state index in [4.69, 9.17) is 9.72 Å². The van der Waals surface area contributed by atoms with E-state index < -0.39 is 5.41 Å². The van der Waals surface area contributed by atoms with Crippen molar-refractivity contribution >= 4 is 33.7 Å². The SMILES string of the molecule is COc1cc(F)cc(-c2ccnc3[nH]c(-c4n[nH]c5ccc(-c6cccc(NC(=O)C(C)(C)C)c6)nc45)cc23)c1. The molecule has 0 saturated heterocycles. The van der Waals surface area contributed by atoms with E-state index in [2.05, 4.69) is 25.5 Å². The molecule has 0 bridgehead atoms. The van der Waals surface area contributed by atoms with Crippen molar-refractivity contribution in [2.45, 2.75) is 20.8 Å². The number of pyridine rings is 2. The quantitative estimate of drug-likeness (QED) is 0.221. The summed E-state index contributed by atoms with van der Waals surface area (Å²) in [4.78, 5) is 25.2. The van der Waals surface area contributed by atoms with E-state index in [0.717, 1.165) is 33.4 Å². The molecular formula is C31H27FN6O2. The number of nitrogens with zero attached hydrogens (tertiary/aromatic N) is 3. The standard InChI is InChI=1S/C31H27FN6O2/c1-31(2,3)30(39)34-20-7-5-6-17(13-20)24-8-9-25-27(35-24)28(38-37-25)26-16-23-22(10-11-33-29(23)36-26)18-12-19(32)15-21(14-18)40-4/h5-16H,1-4H3,(H,33,36)(H,34,39)(H,37,38). The maximum absolute atomic E-state index is 14.3. The van der Waals surface area contributed by atoms with Crippen LogP contribution in [0.15, 0.2) is 72.9 Å². The summed E-state index contributed by atoms with van der Waals surface area (Å²) in [5, 5.41) is 11.4. The molecular weight excluding hydrogens is 507 g/mol. The van der Waals surface area contributed by atoms with Gasteiger partial charge in [0.05, 0.1) is 24.0 Å². The molecule has 1 amide bonds. The van der Waals surface area contributed by atoms with E-state index in [1.165, 1.54) is 19.2 Å². The Bertz CT molecular complexity index is 1900. The molecule has 0 atom stereocenters. The summed E-state index contributed by atoms with van der Waals surface area (Å²) in [7, 11) is 1.51. The Balaban J connectivity index is 1.40. The first-order valence-corrected chi connectivity index (χ1v) is 12.8. The van der Waals surface area contributed by atoms with Gasteiger partial charge >= 0.3 is 0 Å². The number of hydrogen-bond donors (Lipinski definition) is 3. The molecule has 0 spiro atoms. The second kappa shape index (κ2) is 9.60. The van der Waals surface area contributed by atoms with Crippen molar-refractivity contribution in [1.82, 2.24) is 25.1 Å². The van der Waals surface area contributed by atoms with E-state index in [1.807, 2.05) is 69.3 Å². The number of ether oxygens (including phenoxy) is 1. The topological polar surface area (TPSA) is 109 Å². The molecule has 8 nitrogen and oxygen atoms in total. The first-order valence-electron chi connectivity index (χ1n) is 12.8. The number of halogens is 1. The van der Waals surface area contributed by atoms with Crippen molar-refractivity contribution in [2.24, 2.45) is 5.41 Å². The average molecular weight is 535 g/mol. The van der Waals surface area contributed by atoms with Gasteiger partial charge in [-0.25, -0.2) is 14.4 Å². The van der Waals surface area contributed by atoms with E-state index in [9.17, 15) is 9.18 Å². The van der Waals surface area contributed by atoms with Crippen LogP contribution in [0.4, 0.5) is 10.1 Å². The highest BCUT2D eigenvalue weighted by Crippen LogP contribution is 2.35. The number of benzene rings is 2. The van der Waals surface area contributed by atoms with Crippen LogP contribution in [0.1, 0.15) is 20.8 Å². The lowest BCUT2D eigenvalue weighted by molar-refractivity contribution is -0.123. The summed E-state index contributed by atoms with van der Waals surface area (Å²) in [6.07, 6.45) is 1.68. The molecule has 6 rings (SSSR count). The number of aromatic amines is 2. The van der Waals surface area contributed by atoms with Crippen LogP contribution in [0.5, 0.6) is 5.75 Å². The van der Waals surface area contributed by atoms with Gasteiger partial charge in [-0.15, -0.1) is 0 Å². The maximum Gasteiger partial charge on any atom is 0.229 e. The monoisotopic (exact) mass is 534 g/mol. The Kier molecular flexibility index (Phi) is 6.06. The zero-order valence-corrected chi connectivity index (χ0v) is 22.5. The molecule has 4 heterocycles. The van der Waals surface area contributed by atoms with Gasteiger partial charge < -0.3 is 15.0 Å². The van der Waals surface area contributed by atoms with Crippen molar-refractivity contribution in [3.05, 3.63) is 78.7 Å². The van der Waals surface area contributed by atoms with Gasteiger partial charge in [-0.1, -0.05) is 32.9 Å². The van der Waals surface area contributed by atoms with Gasteiger partial charge in [0.25, 0.3) is 0 Å². The first-order chi connectivity index (χ1) is 19.2. The van der Waals surface area contributed by atoms with Crippen LogP contribution in [-0.4, -0.2) is 38.2 Å². The molecule has 9 heteroatoms. The summed E-state index contributed by atoms with van der Waals surface area (Å²) in [5.74, 6) is -0.00594. The lowest BCUT2D eigenvalue weighted by Gasteiger charge is -2.18. The molecule has 0 aliphatic heterocycles. The van der Waals surface area contributed by atoms with Crippen LogP contribution in [-0.2, 0) is 4.79 Å². The highest BCUT2D eigenvalue weighted by atomic mass is 19.1. The van der Waals surface area contributed by atoms with Crippen molar-refractivity contribution in [3.63, 3.8) is 0 Å². The summed E-state index contributed by atoms with van der Waals surface area (Å²) in [6, 6.07) is 19.9. The van der Waals surface area contributed by atoms with E-state index in [1.54, 1.807) is 12.3 Å². The predicted octanol–water partition coefficient (Wildman–Crippen LogP) is 6.97. The molecule has 0 saturated carbocycles. The minimum absolute atomic E-state index is 0.0614. The van der Waals surface area contributed by atoms with Crippen molar-refractivity contribution < 1.29 is 13.9 Å². The number of nitrogens with one attached hydrogen (secondary N) is 3. The van der Waals surface area contributed by atoms with Crippen LogP contribution in [0, 0.1) is 11.2 Å². The lowest BCUT2D eigenvalue weighted by Crippen LogP contribution is -2.27. The number of carbonyl (C=O) groups excluding carboxylic acids is 1. The maximum atomic E-state index is 14.3. The number of rotatable bonds is 5. The third-order valence-corrected chi connectivity index (χ3v) is 6.71. The third kappa shape index (κ3) is 4.66. The molecule has 0 fully saturated rings. The van der Waals surface area contributed by atoms with Crippen molar-refractivity contribution in [2.75, 3.05) is 12.4 Å². The van der Waals surface area contributed by atoms with Crippen LogP contribution in [0.2, 0.25) is 0 Å². The van der Waals surface area contributed by atoms with Crippen LogP contribution >= 0.6 is 0 Å². The molecule has 0 aliphatic carbocycles. The van der Waals surface area contributed by atoms with Crippen LogP contribution in [0.25, 0.3) is 55.8 Å². The van der Waals surface area contributed by atoms with E-state index >= 15 is 0 Å². The number of methoxy groups -OCH3 is 1. The summed E-state index contributed by atoms with van der Waals surface area (Å²) in [6.45, 7) is 5.62. The minimum atomic E-state index is -0.506. The van der Waals surface area contributed by atoms with Crippen LogP contribution in [0.3, 0.4) is 0 Å². The average Bonchev–Trinajstić information content (AvgIpc) is 3.56. The lowest BCUT2D eigenvalue weighted by atomic mass is 9.95. The fourth-order valence-corrected chi connectivity index (χ4v) is 4.56. The van der Waals surface area contributed by atoms with Crippen LogP contribution < -0.4 is 10.1 Å². The Labute approximate surface area is 229 Å². The van der Waals surface area contributed by atoms with Gasteiger partial charge in [0.2, 0.25) is 5.91 Å². The van der Waals surface area contributed by atoms with Gasteiger partial charge in [-0.05, 0) is 59.7 Å². The zero-order chi connectivity index (χ0) is 28.0. The summed E-state index contributed by atoms with van der Waals surface area (Å²) < 4.78 is 19.5. The molecule has 40 heavy (non-hydrogen) atoms. The number of hydrogen-bond acceptors (Lipinski definition) is 5. The van der Waals surface area contributed by atoms with Gasteiger partial charge in [-0.3, -0.25) is 9.89 Å². The highest BCUT2D eigenvalue weighted by Gasteiger charge is 2.21. The Morgan fingerprint density at radius 2 is 1.85 bits per heavy atom. The van der Waals surface area contributed by atoms with E-state index in [-0.39, 0.29) is 11.7 Å². The smallest absolute Gasteiger partial charge is 0.229 e. The zero-order valence-electron chi connectivity index (χ0n) is 22.5. The second-order valence-corrected chi connectivity index (χ2v) is 10.6. The Morgan fingerprint density at radius 1 is 1.00 bits per heavy atom. The van der Waals surface area contributed by atoms with Gasteiger partial charge in [0.1, 0.15) is 28.4 Å². The number of anilines is 1. The van der Waals surface area contributed by atoms with Crippen molar-refractivity contribution in [1.29, 1.82) is 0 Å². The number of fused-ring (bicyclic) bond motifs is 2. The number of amides is 1. The molecule has 0 radical (unpaired) electrons. The van der Waals surface area contributed by atoms with E-state index in [0.29, 0.717) is 33.9 Å². The second-order valence-electron chi connectivity index (χ2n) is 10.6. The molecule has 6 aromatic rings. The van der Waals surface area contributed by atoms with Gasteiger partial charge in [-0.2, -0.15) is 5.10 Å². The fourth-order valence-electron chi connectivity index (χ4n) is 4.56. The van der Waals surface area contributed by atoms with Gasteiger partial charge in [0, 0.05) is 34.3 Å². The summed E-state index contributed by atoms with van der Waals surface area (Å²) >= 11 is 0. The number of H-pyrrole nitrogens is 2.